The van der Waals surface area contributed by atoms with Crippen LogP contribution >= 0.6 is 0 Å². The van der Waals surface area contributed by atoms with Gasteiger partial charge in [0.05, 0.1) is 17.9 Å². The van der Waals surface area contributed by atoms with Crippen molar-refractivity contribution in [2.75, 3.05) is 6.61 Å². The van der Waals surface area contributed by atoms with Gasteiger partial charge in [-0.1, -0.05) is 90.7 Å². The highest BCUT2D eigenvalue weighted by Crippen LogP contribution is 2.32. The van der Waals surface area contributed by atoms with Crippen LogP contribution in [0.3, 0.4) is 0 Å². The van der Waals surface area contributed by atoms with E-state index in [0.29, 0.717) is 5.56 Å². The SMILES string of the molecule is CCOC(=O)c1cc(-c2ccccc2)n(-c2ccc(C#Cc3ccccc3)cc2)c1C(=O)c1ccccc1. The highest BCUT2D eigenvalue weighted by Gasteiger charge is 2.28. The maximum Gasteiger partial charge on any atom is 0.340 e. The predicted molar refractivity (Wildman–Crippen MR) is 149 cm³/mol. The Morgan fingerprint density at radius 3 is 1.87 bits per heavy atom. The molecule has 0 saturated carbocycles. The van der Waals surface area contributed by atoms with E-state index in [4.69, 9.17) is 4.74 Å². The smallest absolute Gasteiger partial charge is 0.340 e. The van der Waals surface area contributed by atoms with Gasteiger partial charge in [0.25, 0.3) is 0 Å². The van der Waals surface area contributed by atoms with Gasteiger partial charge in [0.1, 0.15) is 5.69 Å². The van der Waals surface area contributed by atoms with E-state index in [1.165, 1.54) is 0 Å². The molecule has 0 N–H and O–H groups in total. The van der Waals surface area contributed by atoms with Crippen molar-refractivity contribution in [3.05, 3.63) is 149 Å². The van der Waals surface area contributed by atoms with Crippen molar-refractivity contribution < 1.29 is 14.3 Å². The number of nitrogens with zero attached hydrogens (tertiary/aromatic N) is 1. The standard InChI is InChI=1S/C34H25NO3/c1-2-38-34(37)30-24-31(27-14-8-4-9-15-27)35(32(30)33(36)28-16-10-5-11-17-28)29-22-20-26(21-23-29)19-18-25-12-6-3-7-13-25/h3-17,20-24H,2H2,1H3. The number of hydrogen-bond acceptors (Lipinski definition) is 3. The number of carbonyl (C=O) groups excluding carboxylic acids is 2. The van der Waals surface area contributed by atoms with Gasteiger partial charge in [0.15, 0.2) is 0 Å². The second kappa shape index (κ2) is 11.3. The molecule has 0 fully saturated rings. The molecule has 4 nitrogen and oxygen atoms in total. The van der Waals surface area contributed by atoms with E-state index in [1.54, 1.807) is 25.1 Å². The van der Waals surface area contributed by atoms with Gasteiger partial charge in [-0.3, -0.25) is 4.79 Å². The summed E-state index contributed by atoms with van der Waals surface area (Å²) in [6, 6.07) is 37.9. The highest BCUT2D eigenvalue weighted by atomic mass is 16.5. The van der Waals surface area contributed by atoms with E-state index in [2.05, 4.69) is 11.8 Å². The molecule has 0 amide bonds. The molecule has 0 atom stereocenters. The summed E-state index contributed by atoms with van der Waals surface area (Å²) < 4.78 is 7.20. The van der Waals surface area contributed by atoms with Gasteiger partial charge in [0, 0.05) is 22.4 Å². The Labute approximate surface area is 222 Å². The Morgan fingerprint density at radius 1 is 0.711 bits per heavy atom. The molecule has 0 aliphatic heterocycles. The van der Waals surface area contributed by atoms with Crippen molar-refractivity contribution >= 4 is 11.8 Å². The molecular weight excluding hydrogens is 470 g/mol. The zero-order valence-corrected chi connectivity index (χ0v) is 20.9. The van der Waals surface area contributed by atoms with Gasteiger partial charge in [-0.25, -0.2) is 4.79 Å². The van der Waals surface area contributed by atoms with E-state index in [1.807, 2.05) is 108 Å². The monoisotopic (exact) mass is 495 g/mol. The Morgan fingerprint density at radius 2 is 1.26 bits per heavy atom. The topological polar surface area (TPSA) is 48.3 Å². The largest absolute Gasteiger partial charge is 0.462 e. The molecule has 4 heteroatoms. The van der Waals surface area contributed by atoms with E-state index in [9.17, 15) is 9.59 Å². The van der Waals surface area contributed by atoms with Gasteiger partial charge >= 0.3 is 5.97 Å². The zero-order chi connectivity index (χ0) is 26.3. The zero-order valence-electron chi connectivity index (χ0n) is 20.9. The molecule has 1 heterocycles. The molecule has 0 bridgehead atoms. The predicted octanol–water partition coefficient (Wildman–Crippen LogP) is 6.95. The van der Waals surface area contributed by atoms with E-state index < -0.39 is 5.97 Å². The summed E-state index contributed by atoms with van der Waals surface area (Å²) >= 11 is 0. The molecule has 0 radical (unpaired) electrons. The average molecular weight is 496 g/mol. The number of hydrogen-bond donors (Lipinski definition) is 0. The molecule has 5 aromatic rings. The van der Waals surface area contributed by atoms with Crippen molar-refractivity contribution in [2.24, 2.45) is 0 Å². The molecule has 4 aromatic carbocycles. The second-order valence-electron chi connectivity index (χ2n) is 8.57. The third kappa shape index (κ3) is 5.18. The molecule has 0 unspecified atom stereocenters. The molecule has 0 saturated heterocycles. The van der Waals surface area contributed by atoms with E-state index in [0.717, 1.165) is 28.1 Å². The van der Waals surface area contributed by atoms with Gasteiger partial charge in [-0.05, 0) is 55.0 Å². The number of rotatable bonds is 6. The quantitative estimate of drug-likeness (QED) is 0.145. The van der Waals surface area contributed by atoms with Crippen LogP contribution in [0.25, 0.3) is 16.9 Å². The maximum atomic E-state index is 13.9. The molecule has 1 aromatic heterocycles. The van der Waals surface area contributed by atoms with Gasteiger partial charge in [-0.2, -0.15) is 0 Å². The first-order valence-electron chi connectivity index (χ1n) is 12.4. The summed E-state index contributed by atoms with van der Waals surface area (Å²) in [5, 5.41) is 0. The molecule has 5 rings (SSSR count). The van der Waals surface area contributed by atoms with Crippen LogP contribution in [0.1, 0.15) is 44.5 Å². The summed E-state index contributed by atoms with van der Waals surface area (Å²) in [4.78, 5) is 27.0. The number of carbonyl (C=O) groups is 2. The fourth-order valence-electron chi connectivity index (χ4n) is 4.27. The highest BCUT2D eigenvalue weighted by molar-refractivity contribution is 6.15. The van der Waals surface area contributed by atoms with Gasteiger partial charge in [-0.15, -0.1) is 0 Å². The first kappa shape index (κ1) is 24.5. The van der Waals surface area contributed by atoms with Crippen molar-refractivity contribution in [3.8, 4) is 28.8 Å². The molecule has 0 aliphatic carbocycles. The molecule has 38 heavy (non-hydrogen) atoms. The lowest BCUT2D eigenvalue weighted by molar-refractivity contribution is 0.0523. The van der Waals surface area contributed by atoms with E-state index >= 15 is 0 Å². The summed E-state index contributed by atoms with van der Waals surface area (Å²) in [7, 11) is 0. The number of aromatic nitrogens is 1. The first-order valence-corrected chi connectivity index (χ1v) is 12.4. The Kier molecular flexibility index (Phi) is 7.29. The van der Waals surface area contributed by atoms with Crippen molar-refractivity contribution in [2.45, 2.75) is 6.92 Å². The summed E-state index contributed by atoms with van der Waals surface area (Å²) in [6.07, 6.45) is 0. The molecule has 0 aliphatic rings. The first-order chi connectivity index (χ1) is 18.7. The van der Waals surface area contributed by atoms with Crippen LogP contribution in [0, 0.1) is 11.8 Å². The van der Waals surface area contributed by atoms with Crippen LogP contribution in [0.2, 0.25) is 0 Å². The third-order valence-corrected chi connectivity index (χ3v) is 6.07. The van der Waals surface area contributed by atoms with Crippen LogP contribution in [-0.2, 0) is 4.74 Å². The normalized spacial score (nSPS) is 10.3. The lowest BCUT2D eigenvalue weighted by atomic mass is 10.0. The molecule has 184 valence electrons. The van der Waals surface area contributed by atoms with Crippen molar-refractivity contribution in [3.63, 3.8) is 0 Å². The maximum absolute atomic E-state index is 13.9. The number of esters is 1. The van der Waals surface area contributed by atoms with Crippen LogP contribution in [-0.4, -0.2) is 22.9 Å². The minimum Gasteiger partial charge on any atom is -0.462 e. The lowest BCUT2D eigenvalue weighted by Crippen LogP contribution is -2.15. The second-order valence-corrected chi connectivity index (χ2v) is 8.57. The molecule has 0 spiro atoms. The minimum atomic E-state index is -0.534. The number of ether oxygens (including phenoxy) is 1. The van der Waals surface area contributed by atoms with Crippen LogP contribution in [0.15, 0.2) is 121 Å². The molecular formula is C34H25NO3. The van der Waals surface area contributed by atoms with Crippen LogP contribution < -0.4 is 0 Å². The summed E-state index contributed by atoms with van der Waals surface area (Å²) in [5.74, 6) is 5.56. The fraction of sp³-hybridized carbons (Fsp3) is 0.0588. The van der Waals surface area contributed by atoms with Crippen LogP contribution in [0.4, 0.5) is 0 Å². The van der Waals surface area contributed by atoms with Gasteiger partial charge < -0.3 is 9.30 Å². The third-order valence-electron chi connectivity index (χ3n) is 6.07. The number of benzene rings is 4. The number of ketones is 1. The minimum absolute atomic E-state index is 0.207. The lowest BCUT2D eigenvalue weighted by Gasteiger charge is -2.14. The van der Waals surface area contributed by atoms with Crippen molar-refractivity contribution in [1.29, 1.82) is 0 Å². The fourth-order valence-corrected chi connectivity index (χ4v) is 4.27. The summed E-state index contributed by atoms with van der Waals surface area (Å²) in [6.45, 7) is 1.96. The average Bonchev–Trinajstić information content (AvgIpc) is 3.38. The summed E-state index contributed by atoms with van der Waals surface area (Å²) in [5.41, 5.74) is 5.08. The van der Waals surface area contributed by atoms with Gasteiger partial charge in [0.2, 0.25) is 5.78 Å². The Bertz CT molecular complexity index is 1620. The van der Waals surface area contributed by atoms with Crippen LogP contribution in [0.5, 0.6) is 0 Å². The Hall–Kier alpha value is -5.14. The Balaban J connectivity index is 1.68. The van der Waals surface area contributed by atoms with Crippen molar-refractivity contribution in [1.82, 2.24) is 4.57 Å². The van der Waals surface area contributed by atoms with E-state index in [-0.39, 0.29) is 23.6 Å².